The molecule has 0 amide bonds. The molecular weight excluding hydrogens is 556 g/mol. The van der Waals surface area contributed by atoms with E-state index in [1.165, 1.54) is 128 Å². The van der Waals surface area contributed by atoms with Crippen molar-refractivity contribution in [3.63, 3.8) is 0 Å². The molecule has 10 N–H and O–H groups in total. The third-order valence-electron chi connectivity index (χ3n) is 8.79. The first-order chi connectivity index (χ1) is 21.3. The van der Waals surface area contributed by atoms with E-state index in [2.05, 4.69) is 13.8 Å². The molecule has 0 aliphatic carbocycles. The lowest BCUT2D eigenvalue weighted by molar-refractivity contribution is -0.0121. The first-order valence-corrected chi connectivity index (χ1v) is 18.7. The molecule has 8 heteroatoms. The quantitative estimate of drug-likeness (QED) is 0.0402. The van der Waals surface area contributed by atoms with Gasteiger partial charge in [-0.3, -0.25) is 0 Å². The summed E-state index contributed by atoms with van der Waals surface area (Å²) in [7, 11) is 0. The molecule has 0 heterocycles. The predicted octanol–water partition coefficient (Wildman–Crippen LogP) is 6.24. The minimum Gasteiger partial charge on any atom is -0.395 e. The lowest BCUT2D eigenvalue weighted by atomic mass is 10.00. The second-order valence-electron chi connectivity index (χ2n) is 13.2. The van der Waals surface area contributed by atoms with Crippen molar-refractivity contribution in [1.29, 1.82) is 0 Å². The maximum Gasteiger partial charge on any atom is 0.0971 e. The fourth-order valence-corrected chi connectivity index (χ4v) is 5.52. The predicted molar refractivity (Wildman–Crippen MR) is 186 cm³/mol. The summed E-state index contributed by atoms with van der Waals surface area (Å²) in [5, 5.41) is 56.4. The average molecular weight is 635 g/mol. The van der Waals surface area contributed by atoms with Gasteiger partial charge in [-0.1, -0.05) is 168 Å². The summed E-state index contributed by atoms with van der Waals surface area (Å²) in [5.41, 5.74) is 11.0. The van der Waals surface area contributed by atoms with Crippen LogP contribution in [0.15, 0.2) is 0 Å². The zero-order valence-corrected chi connectivity index (χ0v) is 29.1. The Morgan fingerprint density at radius 1 is 0.364 bits per heavy atom. The SMILES string of the molecule is CCCCCCCCCCCCCCC(O)C(O)C(N)CO.CCCCCCCCCCCCCC[C@@H](O)[C@@H](O)[C@@H](N)CO. The lowest BCUT2D eigenvalue weighted by Gasteiger charge is -2.22. The molecule has 0 aromatic carbocycles. The molecule has 0 spiro atoms. The summed E-state index contributed by atoms with van der Waals surface area (Å²) in [4.78, 5) is 0. The lowest BCUT2D eigenvalue weighted by Crippen LogP contribution is -2.45. The number of hydrogen-bond acceptors (Lipinski definition) is 8. The van der Waals surface area contributed by atoms with Gasteiger partial charge >= 0.3 is 0 Å². The van der Waals surface area contributed by atoms with E-state index in [-0.39, 0.29) is 13.2 Å². The van der Waals surface area contributed by atoms with Gasteiger partial charge < -0.3 is 42.1 Å². The standard InChI is InChI=1S/2C18H39NO3/c2*1-2-3-4-5-6-7-8-9-10-11-12-13-14-17(21)18(22)16(19)15-20/h2*16-18,20-22H,2-15,19H2,1H3/t16-,17+,18-;/m0./s1. The molecule has 3 unspecified atom stereocenters. The number of nitrogens with two attached hydrogens (primary N) is 2. The number of hydrogen-bond donors (Lipinski definition) is 8. The van der Waals surface area contributed by atoms with Gasteiger partial charge in [0.05, 0.1) is 49.7 Å². The summed E-state index contributed by atoms with van der Waals surface area (Å²) >= 11 is 0. The van der Waals surface area contributed by atoms with Gasteiger partial charge in [0.15, 0.2) is 0 Å². The molecule has 8 nitrogen and oxygen atoms in total. The van der Waals surface area contributed by atoms with E-state index in [1.807, 2.05) is 0 Å². The molecular formula is C36H78N2O6. The second kappa shape index (κ2) is 35.5. The van der Waals surface area contributed by atoms with Crippen LogP contribution in [0.3, 0.4) is 0 Å². The average Bonchev–Trinajstić information content (AvgIpc) is 3.04. The van der Waals surface area contributed by atoms with E-state index in [4.69, 9.17) is 21.7 Å². The molecule has 268 valence electrons. The molecule has 0 aliphatic heterocycles. The monoisotopic (exact) mass is 635 g/mol. The molecule has 0 saturated carbocycles. The normalized spacial score (nSPS) is 15.7. The largest absolute Gasteiger partial charge is 0.395 e. The van der Waals surface area contributed by atoms with Crippen LogP contribution < -0.4 is 11.5 Å². The van der Waals surface area contributed by atoms with Crippen LogP contribution in [0.25, 0.3) is 0 Å². The summed E-state index contributed by atoms with van der Waals surface area (Å²) in [6, 6.07) is -1.49. The van der Waals surface area contributed by atoms with Crippen LogP contribution in [-0.2, 0) is 0 Å². The van der Waals surface area contributed by atoms with Crippen molar-refractivity contribution in [3.8, 4) is 0 Å². The number of rotatable bonds is 32. The Hall–Kier alpha value is -0.320. The highest BCUT2D eigenvalue weighted by molar-refractivity contribution is 4.78. The second-order valence-corrected chi connectivity index (χ2v) is 13.2. The first-order valence-electron chi connectivity index (χ1n) is 18.7. The van der Waals surface area contributed by atoms with Gasteiger partial charge in [-0.2, -0.15) is 0 Å². The van der Waals surface area contributed by atoms with E-state index in [9.17, 15) is 20.4 Å². The van der Waals surface area contributed by atoms with Crippen molar-refractivity contribution >= 4 is 0 Å². The van der Waals surface area contributed by atoms with Crippen LogP contribution in [0, 0.1) is 0 Å². The fourth-order valence-electron chi connectivity index (χ4n) is 5.52. The minimum absolute atomic E-state index is 0.295. The minimum atomic E-state index is -1.02. The smallest absolute Gasteiger partial charge is 0.0971 e. The van der Waals surface area contributed by atoms with Crippen LogP contribution in [-0.4, -0.2) is 80.4 Å². The summed E-state index contributed by atoms with van der Waals surface area (Å²) in [6.07, 6.45) is 28.2. The maximum absolute atomic E-state index is 9.74. The van der Waals surface area contributed by atoms with E-state index in [0.29, 0.717) is 12.8 Å². The molecule has 0 rings (SSSR count). The molecule has 0 aliphatic rings. The Balaban J connectivity index is 0. The fraction of sp³-hybridized carbons (Fsp3) is 1.00. The van der Waals surface area contributed by atoms with Gasteiger partial charge in [-0.05, 0) is 12.8 Å². The van der Waals surface area contributed by atoms with Gasteiger partial charge in [-0.25, -0.2) is 0 Å². The van der Waals surface area contributed by atoms with Crippen LogP contribution in [0.1, 0.15) is 181 Å². The highest BCUT2D eigenvalue weighted by Gasteiger charge is 2.23. The molecule has 44 heavy (non-hydrogen) atoms. The van der Waals surface area contributed by atoms with Crippen LogP contribution in [0.2, 0.25) is 0 Å². The van der Waals surface area contributed by atoms with Crippen molar-refractivity contribution in [2.24, 2.45) is 11.5 Å². The van der Waals surface area contributed by atoms with E-state index >= 15 is 0 Å². The van der Waals surface area contributed by atoms with Crippen LogP contribution in [0.4, 0.5) is 0 Å². The number of aliphatic hydroxyl groups excluding tert-OH is 6. The molecule has 0 saturated heterocycles. The summed E-state index contributed by atoms with van der Waals surface area (Å²) < 4.78 is 0. The van der Waals surface area contributed by atoms with Crippen molar-refractivity contribution in [3.05, 3.63) is 0 Å². The molecule has 0 bridgehead atoms. The number of unbranched alkanes of at least 4 members (excludes halogenated alkanes) is 22. The molecule has 6 atom stereocenters. The Labute approximate surface area is 272 Å². The third kappa shape index (κ3) is 30.3. The van der Waals surface area contributed by atoms with Crippen molar-refractivity contribution in [2.75, 3.05) is 13.2 Å². The first kappa shape index (κ1) is 45.8. The Morgan fingerprint density at radius 3 is 0.773 bits per heavy atom. The zero-order valence-electron chi connectivity index (χ0n) is 29.1. The van der Waals surface area contributed by atoms with Crippen LogP contribution >= 0.6 is 0 Å². The van der Waals surface area contributed by atoms with Crippen molar-refractivity contribution < 1.29 is 30.6 Å². The van der Waals surface area contributed by atoms with Gasteiger partial charge in [0.2, 0.25) is 0 Å². The van der Waals surface area contributed by atoms with Crippen molar-refractivity contribution in [2.45, 2.75) is 217 Å². The van der Waals surface area contributed by atoms with Gasteiger partial charge in [0, 0.05) is 0 Å². The van der Waals surface area contributed by atoms with Crippen LogP contribution in [0.5, 0.6) is 0 Å². The Morgan fingerprint density at radius 2 is 0.568 bits per heavy atom. The molecule has 0 aromatic heterocycles. The maximum atomic E-state index is 9.74. The van der Waals surface area contributed by atoms with E-state index in [0.717, 1.165) is 25.7 Å². The zero-order chi connectivity index (χ0) is 33.3. The molecule has 0 aromatic rings. The van der Waals surface area contributed by atoms with Gasteiger partial charge in [0.1, 0.15) is 0 Å². The highest BCUT2D eigenvalue weighted by Crippen LogP contribution is 2.15. The summed E-state index contributed by atoms with van der Waals surface area (Å²) in [6.45, 7) is 3.91. The third-order valence-corrected chi connectivity index (χ3v) is 8.79. The van der Waals surface area contributed by atoms with Crippen molar-refractivity contribution in [1.82, 2.24) is 0 Å². The number of aliphatic hydroxyl groups is 6. The topological polar surface area (TPSA) is 173 Å². The van der Waals surface area contributed by atoms with Gasteiger partial charge in [0.25, 0.3) is 0 Å². The van der Waals surface area contributed by atoms with E-state index < -0.39 is 36.5 Å². The summed E-state index contributed by atoms with van der Waals surface area (Å²) in [5.74, 6) is 0. The van der Waals surface area contributed by atoms with E-state index in [1.54, 1.807) is 0 Å². The molecule has 0 radical (unpaired) electrons. The molecule has 0 fully saturated rings. The Kier molecular flexibility index (Phi) is 37.0. The Bertz CT molecular complexity index is 499. The van der Waals surface area contributed by atoms with Gasteiger partial charge in [-0.15, -0.1) is 0 Å². The highest BCUT2D eigenvalue weighted by atomic mass is 16.3.